The van der Waals surface area contributed by atoms with Crippen LogP contribution in [0, 0.1) is 0 Å². The Morgan fingerprint density at radius 3 is 1.88 bits per heavy atom. The fourth-order valence-corrected chi connectivity index (χ4v) is 5.73. The van der Waals surface area contributed by atoms with Crippen LogP contribution < -0.4 is 5.32 Å². The SMILES string of the molecule is c1ccc(-c2ccc(-c3cccc(C4=NC(c5ccc6c(c5)oc5ccccc56)=NC(c5ccccc5)N4)c3)cc2)cc1. The molecule has 1 atom stereocenters. The normalized spacial score (nSPS) is 14.7. The molecule has 43 heavy (non-hydrogen) atoms. The number of rotatable bonds is 5. The molecule has 0 fully saturated rings. The largest absolute Gasteiger partial charge is 0.456 e. The minimum atomic E-state index is -0.274. The Labute approximate surface area is 249 Å². The van der Waals surface area contributed by atoms with Crippen molar-refractivity contribution in [1.29, 1.82) is 0 Å². The second kappa shape index (κ2) is 10.6. The molecule has 4 heteroatoms. The molecular formula is C39H27N3O. The van der Waals surface area contributed by atoms with Crippen molar-refractivity contribution >= 4 is 33.6 Å². The summed E-state index contributed by atoms with van der Waals surface area (Å²) in [5.74, 6) is 1.45. The highest BCUT2D eigenvalue weighted by atomic mass is 16.3. The minimum Gasteiger partial charge on any atom is -0.456 e. The Hall–Kier alpha value is -5.74. The van der Waals surface area contributed by atoms with Gasteiger partial charge in [-0.1, -0.05) is 127 Å². The van der Waals surface area contributed by atoms with Crippen LogP contribution in [-0.4, -0.2) is 11.7 Å². The van der Waals surface area contributed by atoms with Gasteiger partial charge in [-0.15, -0.1) is 0 Å². The third-order valence-corrected chi connectivity index (χ3v) is 7.96. The summed E-state index contributed by atoms with van der Waals surface area (Å²) in [4.78, 5) is 10.1. The van der Waals surface area contributed by atoms with Gasteiger partial charge in [0.2, 0.25) is 0 Å². The maximum absolute atomic E-state index is 6.19. The fourth-order valence-electron chi connectivity index (χ4n) is 5.73. The van der Waals surface area contributed by atoms with Gasteiger partial charge in [-0.3, -0.25) is 0 Å². The number of nitrogens with one attached hydrogen (secondary N) is 1. The molecule has 0 saturated heterocycles. The summed E-state index contributed by atoms with van der Waals surface area (Å²) in [6.45, 7) is 0. The summed E-state index contributed by atoms with van der Waals surface area (Å²) in [6, 6.07) is 52.3. The van der Waals surface area contributed by atoms with Crippen molar-refractivity contribution in [3.8, 4) is 22.3 Å². The Morgan fingerprint density at radius 2 is 1.07 bits per heavy atom. The Morgan fingerprint density at radius 1 is 0.465 bits per heavy atom. The predicted molar refractivity (Wildman–Crippen MR) is 176 cm³/mol. The smallest absolute Gasteiger partial charge is 0.159 e. The Bertz CT molecular complexity index is 2140. The lowest BCUT2D eigenvalue weighted by Crippen LogP contribution is -2.33. The van der Waals surface area contributed by atoms with Crippen LogP contribution in [-0.2, 0) is 0 Å². The highest BCUT2D eigenvalue weighted by Gasteiger charge is 2.22. The fraction of sp³-hybridized carbons (Fsp3) is 0.0256. The van der Waals surface area contributed by atoms with Crippen LogP contribution in [0.1, 0.15) is 22.9 Å². The van der Waals surface area contributed by atoms with E-state index in [0.29, 0.717) is 5.84 Å². The molecule has 1 N–H and O–H groups in total. The molecule has 7 aromatic rings. The van der Waals surface area contributed by atoms with Crippen molar-refractivity contribution in [1.82, 2.24) is 5.32 Å². The summed E-state index contributed by atoms with van der Waals surface area (Å²) in [6.07, 6.45) is -0.274. The van der Waals surface area contributed by atoms with Gasteiger partial charge in [0.25, 0.3) is 0 Å². The molecule has 1 aromatic heterocycles. The highest BCUT2D eigenvalue weighted by Crippen LogP contribution is 2.31. The van der Waals surface area contributed by atoms with Crippen LogP contribution in [0.2, 0.25) is 0 Å². The summed E-state index contributed by atoms with van der Waals surface area (Å²) in [5, 5.41) is 5.79. The van der Waals surface area contributed by atoms with E-state index in [2.05, 4.69) is 108 Å². The van der Waals surface area contributed by atoms with E-state index in [-0.39, 0.29) is 6.17 Å². The van der Waals surface area contributed by atoms with Crippen molar-refractivity contribution in [2.24, 2.45) is 9.98 Å². The number of para-hydroxylation sites is 1. The first-order valence-electron chi connectivity index (χ1n) is 14.4. The molecule has 4 nitrogen and oxygen atoms in total. The summed E-state index contributed by atoms with van der Waals surface area (Å²) >= 11 is 0. The number of furan rings is 1. The number of hydrogen-bond acceptors (Lipinski definition) is 4. The minimum absolute atomic E-state index is 0.274. The average molecular weight is 554 g/mol. The van der Waals surface area contributed by atoms with Gasteiger partial charge in [-0.05, 0) is 52.1 Å². The van der Waals surface area contributed by atoms with Crippen LogP contribution in [0.3, 0.4) is 0 Å². The quantitative estimate of drug-likeness (QED) is 0.231. The Balaban J connectivity index is 1.18. The number of amidine groups is 2. The van der Waals surface area contributed by atoms with Gasteiger partial charge in [0.1, 0.15) is 23.2 Å². The molecule has 0 saturated carbocycles. The zero-order valence-corrected chi connectivity index (χ0v) is 23.3. The zero-order valence-electron chi connectivity index (χ0n) is 23.3. The van der Waals surface area contributed by atoms with E-state index in [1.165, 1.54) is 11.1 Å². The number of benzene rings is 6. The first-order chi connectivity index (χ1) is 21.3. The standard InChI is InChI=1S/C39H27N3O/c1-3-10-26(11-4-1)27-18-20-28(21-19-27)30-14-9-15-31(24-30)38-40-37(29-12-5-2-6-13-29)41-39(42-38)32-22-23-34-33-16-7-8-17-35(33)43-36(34)25-32/h1-25,37H,(H,40,41,42). The van der Waals surface area contributed by atoms with Crippen molar-refractivity contribution in [2.45, 2.75) is 6.17 Å². The summed E-state index contributed by atoms with van der Waals surface area (Å²) in [5.41, 5.74) is 9.39. The van der Waals surface area contributed by atoms with Crippen LogP contribution in [0.25, 0.3) is 44.2 Å². The van der Waals surface area contributed by atoms with E-state index in [1.807, 2.05) is 48.5 Å². The van der Waals surface area contributed by atoms with Crippen LogP contribution in [0.5, 0.6) is 0 Å². The van der Waals surface area contributed by atoms with Crippen molar-refractivity contribution in [2.75, 3.05) is 0 Å². The maximum atomic E-state index is 6.19. The molecule has 0 radical (unpaired) electrons. The number of fused-ring (bicyclic) bond motifs is 3. The van der Waals surface area contributed by atoms with Crippen LogP contribution >= 0.6 is 0 Å². The van der Waals surface area contributed by atoms with E-state index < -0.39 is 0 Å². The van der Waals surface area contributed by atoms with E-state index in [1.54, 1.807) is 0 Å². The monoisotopic (exact) mass is 553 g/mol. The topological polar surface area (TPSA) is 49.9 Å². The first kappa shape index (κ1) is 25.0. The van der Waals surface area contributed by atoms with E-state index in [9.17, 15) is 0 Å². The molecule has 204 valence electrons. The van der Waals surface area contributed by atoms with Crippen LogP contribution in [0.4, 0.5) is 0 Å². The van der Waals surface area contributed by atoms with Gasteiger partial charge in [-0.25, -0.2) is 9.98 Å². The molecule has 0 spiro atoms. The van der Waals surface area contributed by atoms with Crippen molar-refractivity contribution < 1.29 is 4.42 Å². The third kappa shape index (κ3) is 4.79. The predicted octanol–water partition coefficient (Wildman–Crippen LogP) is 9.42. The molecule has 0 aliphatic carbocycles. The van der Waals surface area contributed by atoms with Crippen molar-refractivity contribution in [3.05, 3.63) is 168 Å². The summed E-state index contributed by atoms with van der Waals surface area (Å²) < 4.78 is 6.19. The number of aliphatic imine (C=N–C) groups is 2. The van der Waals surface area contributed by atoms with Gasteiger partial charge < -0.3 is 9.73 Å². The molecule has 8 rings (SSSR count). The van der Waals surface area contributed by atoms with E-state index in [4.69, 9.17) is 14.4 Å². The van der Waals surface area contributed by atoms with Gasteiger partial charge in [0, 0.05) is 21.9 Å². The highest BCUT2D eigenvalue weighted by molar-refractivity contribution is 6.15. The lowest BCUT2D eigenvalue weighted by molar-refractivity contribution is 0.667. The van der Waals surface area contributed by atoms with Gasteiger partial charge in [0.15, 0.2) is 5.84 Å². The molecule has 6 aromatic carbocycles. The summed E-state index contributed by atoms with van der Waals surface area (Å²) in [7, 11) is 0. The molecular weight excluding hydrogens is 526 g/mol. The van der Waals surface area contributed by atoms with E-state index in [0.717, 1.165) is 55.6 Å². The van der Waals surface area contributed by atoms with Gasteiger partial charge in [0.05, 0.1) is 0 Å². The van der Waals surface area contributed by atoms with Gasteiger partial charge in [-0.2, -0.15) is 0 Å². The first-order valence-corrected chi connectivity index (χ1v) is 14.4. The maximum Gasteiger partial charge on any atom is 0.159 e. The molecule has 1 aliphatic rings. The molecule has 1 aliphatic heterocycles. The Kier molecular flexibility index (Phi) is 6.16. The molecule has 1 unspecified atom stereocenters. The second-order valence-electron chi connectivity index (χ2n) is 10.7. The molecule has 0 amide bonds. The lowest BCUT2D eigenvalue weighted by Gasteiger charge is -2.24. The lowest BCUT2D eigenvalue weighted by atomic mass is 9.99. The second-order valence-corrected chi connectivity index (χ2v) is 10.7. The van der Waals surface area contributed by atoms with Crippen LogP contribution in [0.15, 0.2) is 166 Å². The van der Waals surface area contributed by atoms with Crippen molar-refractivity contribution in [3.63, 3.8) is 0 Å². The zero-order chi connectivity index (χ0) is 28.6. The molecule has 2 heterocycles. The number of nitrogens with zero attached hydrogens (tertiary/aromatic N) is 2. The average Bonchev–Trinajstić information content (AvgIpc) is 3.47. The van der Waals surface area contributed by atoms with E-state index >= 15 is 0 Å². The third-order valence-electron chi connectivity index (χ3n) is 7.96. The molecule has 0 bridgehead atoms. The van der Waals surface area contributed by atoms with Gasteiger partial charge >= 0.3 is 0 Å². The number of hydrogen-bond donors (Lipinski definition) is 1.